The normalized spacial score (nSPS) is 23.2. The van der Waals surface area contributed by atoms with Crippen molar-refractivity contribution in [2.24, 2.45) is 5.41 Å². The Labute approximate surface area is 88.7 Å². The first-order valence-electron chi connectivity index (χ1n) is 4.66. The summed E-state index contributed by atoms with van der Waals surface area (Å²) < 4.78 is 0. The van der Waals surface area contributed by atoms with E-state index in [-0.39, 0.29) is 0 Å². The molecule has 1 heterocycles. The Morgan fingerprint density at radius 2 is 2.29 bits per heavy atom. The Morgan fingerprint density at radius 3 is 2.79 bits per heavy atom. The lowest BCUT2D eigenvalue weighted by atomic mass is 10.2. The number of nitrogens with two attached hydrogens (primary N) is 1. The average Bonchev–Trinajstić information content (AvgIpc) is 2.65. The van der Waals surface area contributed by atoms with E-state index in [1.54, 1.807) is 12.3 Å². The molecule has 1 saturated carbocycles. The molecule has 1 unspecified atom stereocenters. The third-order valence-electron chi connectivity index (χ3n) is 2.71. The van der Waals surface area contributed by atoms with E-state index in [4.69, 9.17) is 17.3 Å². The van der Waals surface area contributed by atoms with E-state index in [9.17, 15) is 0 Å². The number of nitrogens with zero attached hydrogens (tertiary/aromatic N) is 1. The van der Waals surface area contributed by atoms with Crippen LogP contribution in [0.4, 0.5) is 11.5 Å². The van der Waals surface area contributed by atoms with Crippen LogP contribution < -0.4 is 11.1 Å². The molecule has 1 aliphatic rings. The van der Waals surface area contributed by atoms with Gasteiger partial charge in [-0.05, 0) is 17.9 Å². The van der Waals surface area contributed by atoms with E-state index in [0.717, 1.165) is 12.2 Å². The van der Waals surface area contributed by atoms with Crippen molar-refractivity contribution in [1.29, 1.82) is 0 Å². The Bertz CT molecular complexity index is 362. The molecule has 0 saturated heterocycles. The molecule has 76 valence electrons. The summed E-state index contributed by atoms with van der Waals surface area (Å²) in [5.41, 5.74) is 6.76. The number of halogens is 1. The lowest BCUT2D eigenvalue weighted by Crippen LogP contribution is -2.11. The van der Waals surface area contributed by atoms with Crippen LogP contribution in [0.3, 0.4) is 0 Å². The van der Waals surface area contributed by atoms with Gasteiger partial charge in [-0.3, -0.25) is 0 Å². The molecule has 0 spiro atoms. The fourth-order valence-electron chi connectivity index (χ4n) is 1.45. The Hall–Kier alpha value is -0.960. The van der Waals surface area contributed by atoms with Crippen molar-refractivity contribution in [2.75, 3.05) is 11.1 Å². The zero-order chi connectivity index (χ0) is 10.3. The summed E-state index contributed by atoms with van der Waals surface area (Å²) >= 11 is 5.75. The third kappa shape index (κ3) is 1.77. The van der Waals surface area contributed by atoms with Crippen LogP contribution >= 0.6 is 11.6 Å². The zero-order valence-corrected chi connectivity index (χ0v) is 9.10. The number of pyridine rings is 1. The van der Waals surface area contributed by atoms with Gasteiger partial charge in [0.2, 0.25) is 0 Å². The van der Waals surface area contributed by atoms with Crippen molar-refractivity contribution < 1.29 is 0 Å². The number of nitrogens with one attached hydrogen (secondary N) is 1. The average molecular weight is 212 g/mol. The maximum atomic E-state index is 5.78. The predicted octanol–water partition coefficient (Wildman–Crippen LogP) is 2.53. The molecule has 1 aliphatic carbocycles. The molecule has 0 aromatic carbocycles. The van der Waals surface area contributed by atoms with Gasteiger partial charge in [0, 0.05) is 12.2 Å². The lowest BCUT2D eigenvalue weighted by molar-refractivity contribution is 0.630. The number of hydrogen-bond donors (Lipinski definition) is 2. The monoisotopic (exact) mass is 211 g/mol. The van der Waals surface area contributed by atoms with E-state index in [1.807, 2.05) is 0 Å². The summed E-state index contributed by atoms with van der Waals surface area (Å²) in [7, 11) is 0. The minimum absolute atomic E-state index is 0.369. The Balaban J connectivity index is 2.11. The standard InChI is InChI=1S/C10H14ClN3/c1-10(2)4-8(10)14-9-7(12)3-6(11)5-13-9/h3,5,8H,4,12H2,1-2H3,(H,13,14). The molecule has 0 radical (unpaired) electrons. The van der Waals surface area contributed by atoms with Gasteiger partial charge in [-0.1, -0.05) is 25.4 Å². The number of aromatic nitrogens is 1. The zero-order valence-electron chi connectivity index (χ0n) is 8.34. The number of rotatable bonds is 2. The van der Waals surface area contributed by atoms with E-state index in [0.29, 0.717) is 22.2 Å². The van der Waals surface area contributed by atoms with Gasteiger partial charge in [0.05, 0.1) is 10.7 Å². The fraction of sp³-hybridized carbons (Fsp3) is 0.500. The second-order valence-electron chi connectivity index (χ2n) is 4.48. The molecular formula is C10H14ClN3. The molecule has 0 amide bonds. The van der Waals surface area contributed by atoms with Gasteiger partial charge in [0.15, 0.2) is 0 Å². The lowest BCUT2D eigenvalue weighted by Gasteiger charge is -2.09. The molecule has 14 heavy (non-hydrogen) atoms. The number of anilines is 2. The Kier molecular flexibility index (Phi) is 2.07. The van der Waals surface area contributed by atoms with Crippen LogP contribution in [0.2, 0.25) is 5.02 Å². The summed E-state index contributed by atoms with van der Waals surface area (Å²) in [6.45, 7) is 4.44. The second-order valence-corrected chi connectivity index (χ2v) is 4.92. The van der Waals surface area contributed by atoms with E-state index in [1.165, 1.54) is 0 Å². The van der Waals surface area contributed by atoms with Gasteiger partial charge >= 0.3 is 0 Å². The Morgan fingerprint density at radius 1 is 1.64 bits per heavy atom. The molecule has 1 aromatic rings. The summed E-state index contributed by atoms with van der Waals surface area (Å²) in [6.07, 6.45) is 2.77. The topological polar surface area (TPSA) is 50.9 Å². The highest BCUT2D eigenvalue weighted by atomic mass is 35.5. The maximum Gasteiger partial charge on any atom is 0.149 e. The van der Waals surface area contributed by atoms with Crippen LogP contribution in [0.15, 0.2) is 12.3 Å². The van der Waals surface area contributed by atoms with E-state index < -0.39 is 0 Å². The van der Waals surface area contributed by atoms with Gasteiger partial charge in [-0.15, -0.1) is 0 Å². The quantitative estimate of drug-likeness (QED) is 0.791. The maximum absolute atomic E-state index is 5.78. The molecule has 4 heteroatoms. The molecule has 1 fully saturated rings. The highest BCUT2D eigenvalue weighted by Crippen LogP contribution is 2.46. The van der Waals surface area contributed by atoms with Crippen molar-refractivity contribution >= 4 is 23.1 Å². The summed E-state index contributed by atoms with van der Waals surface area (Å²) in [5.74, 6) is 0.741. The van der Waals surface area contributed by atoms with Gasteiger partial charge < -0.3 is 11.1 Å². The molecule has 0 aliphatic heterocycles. The van der Waals surface area contributed by atoms with Gasteiger partial charge in [-0.25, -0.2) is 4.98 Å². The minimum atomic E-state index is 0.369. The largest absolute Gasteiger partial charge is 0.396 e. The fourth-order valence-corrected chi connectivity index (χ4v) is 1.62. The van der Waals surface area contributed by atoms with Crippen molar-refractivity contribution in [3.05, 3.63) is 17.3 Å². The van der Waals surface area contributed by atoms with Crippen molar-refractivity contribution in [3.63, 3.8) is 0 Å². The van der Waals surface area contributed by atoms with Gasteiger partial charge in [0.1, 0.15) is 5.82 Å². The first-order valence-corrected chi connectivity index (χ1v) is 5.04. The van der Waals surface area contributed by atoms with Crippen LogP contribution in [0.5, 0.6) is 0 Å². The molecule has 3 nitrogen and oxygen atoms in total. The smallest absolute Gasteiger partial charge is 0.149 e. The molecule has 1 atom stereocenters. The summed E-state index contributed by atoms with van der Waals surface area (Å²) in [6, 6.07) is 2.20. The molecule has 3 N–H and O–H groups in total. The summed E-state index contributed by atoms with van der Waals surface area (Å²) in [5, 5.41) is 3.88. The first kappa shape index (κ1) is 9.59. The minimum Gasteiger partial charge on any atom is -0.396 e. The highest BCUT2D eigenvalue weighted by Gasteiger charge is 2.46. The summed E-state index contributed by atoms with van der Waals surface area (Å²) in [4.78, 5) is 4.16. The van der Waals surface area contributed by atoms with Crippen LogP contribution in [-0.2, 0) is 0 Å². The van der Waals surface area contributed by atoms with Crippen LogP contribution in [0, 0.1) is 5.41 Å². The third-order valence-corrected chi connectivity index (χ3v) is 2.91. The van der Waals surface area contributed by atoms with Gasteiger partial charge in [-0.2, -0.15) is 0 Å². The molecule has 1 aromatic heterocycles. The highest BCUT2D eigenvalue weighted by molar-refractivity contribution is 6.30. The van der Waals surface area contributed by atoms with Crippen molar-refractivity contribution in [1.82, 2.24) is 4.98 Å². The van der Waals surface area contributed by atoms with Crippen molar-refractivity contribution in [2.45, 2.75) is 26.3 Å². The number of hydrogen-bond acceptors (Lipinski definition) is 3. The van der Waals surface area contributed by atoms with Crippen LogP contribution in [0.1, 0.15) is 20.3 Å². The van der Waals surface area contributed by atoms with E-state index in [2.05, 4.69) is 24.1 Å². The molecular weight excluding hydrogens is 198 g/mol. The van der Waals surface area contributed by atoms with Crippen LogP contribution in [0.25, 0.3) is 0 Å². The van der Waals surface area contributed by atoms with Crippen molar-refractivity contribution in [3.8, 4) is 0 Å². The SMILES string of the molecule is CC1(C)CC1Nc1ncc(Cl)cc1N. The van der Waals surface area contributed by atoms with Gasteiger partial charge in [0.25, 0.3) is 0 Å². The number of nitrogen functional groups attached to an aromatic ring is 1. The van der Waals surface area contributed by atoms with Crippen LogP contribution in [-0.4, -0.2) is 11.0 Å². The van der Waals surface area contributed by atoms with E-state index >= 15 is 0 Å². The molecule has 0 bridgehead atoms. The molecule has 2 rings (SSSR count). The first-order chi connectivity index (χ1) is 6.49. The second kappa shape index (κ2) is 3.02. The predicted molar refractivity (Wildman–Crippen MR) is 59.5 cm³/mol.